The summed E-state index contributed by atoms with van der Waals surface area (Å²) in [7, 11) is 0. The molecule has 1 aromatic rings. The Morgan fingerprint density at radius 2 is 2.10 bits per heavy atom. The monoisotopic (exact) mass is 288 g/mol. The summed E-state index contributed by atoms with van der Waals surface area (Å²) in [5.74, 6) is 0.153. The van der Waals surface area contributed by atoms with Crippen LogP contribution in [0.4, 0.5) is 5.69 Å². The van der Waals surface area contributed by atoms with E-state index in [0.29, 0.717) is 19.6 Å². The highest BCUT2D eigenvalue weighted by Gasteiger charge is 2.23. The lowest BCUT2D eigenvalue weighted by Gasteiger charge is -2.16. The Kier molecular flexibility index (Phi) is 4.20. The first-order valence-corrected chi connectivity index (χ1v) is 7.53. The summed E-state index contributed by atoms with van der Waals surface area (Å²) in [6.07, 6.45) is 3.04. The van der Waals surface area contributed by atoms with Gasteiger partial charge in [-0.15, -0.1) is 0 Å². The third-order valence-corrected chi connectivity index (χ3v) is 4.01. The first-order chi connectivity index (χ1) is 10.2. The highest BCUT2D eigenvalue weighted by Crippen LogP contribution is 2.21. The number of carbonyl (C=O) groups excluding carboxylic acids is 2. The lowest BCUT2D eigenvalue weighted by molar-refractivity contribution is -0.130. The van der Waals surface area contributed by atoms with E-state index < -0.39 is 0 Å². The average Bonchev–Trinajstić information content (AvgIpc) is 3.17. The minimum absolute atomic E-state index is 0.0358. The van der Waals surface area contributed by atoms with Crippen molar-refractivity contribution in [1.29, 1.82) is 0 Å². The van der Waals surface area contributed by atoms with Crippen molar-refractivity contribution in [2.75, 3.05) is 18.1 Å². The summed E-state index contributed by atoms with van der Waals surface area (Å²) in [5.41, 5.74) is 1.96. The van der Waals surface area contributed by atoms with Gasteiger partial charge in [-0.05, 0) is 37.0 Å². The van der Waals surface area contributed by atoms with Gasteiger partial charge in [0.1, 0.15) is 6.10 Å². The summed E-state index contributed by atoms with van der Waals surface area (Å²) in [5, 5.41) is 2.89. The fourth-order valence-electron chi connectivity index (χ4n) is 2.80. The van der Waals surface area contributed by atoms with Gasteiger partial charge in [0.05, 0.1) is 0 Å². The fraction of sp³-hybridized carbons (Fsp3) is 0.500. The van der Waals surface area contributed by atoms with Gasteiger partial charge in [0.15, 0.2) is 0 Å². The van der Waals surface area contributed by atoms with E-state index in [4.69, 9.17) is 4.74 Å². The topological polar surface area (TPSA) is 58.6 Å². The predicted octanol–water partition coefficient (Wildman–Crippen LogP) is 1.61. The molecule has 2 saturated heterocycles. The molecule has 3 rings (SSSR count). The molecule has 5 heteroatoms. The van der Waals surface area contributed by atoms with E-state index in [0.717, 1.165) is 37.1 Å². The number of rotatable bonds is 4. The molecule has 2 heterocycles. The molecule has 1 aromatic carbocycles. The Labute approximate surface area is 124 Å². The molecule has 0 bridgehead atoms. The van der Waals surface area contributed by atoms with Crippen LogP contribution in [0.1, 0.15) is 31.2 Å². The van der Waals surface area contributed by atoms with Gasteiger partial charge in [0, 0.05) is 31.8 Å². The SMILES string of the molecule is O=C(NCc1ccc(N2CCCC2=O)cc1)C1CCCO1. The molecule has 1 atom stereocenters. The maximum absolute atomic E-state index is 11.8. The predicted molar refractivity (Wildman–Crippen MR) is 78.8 cm³/mol. The van der Waals surface area contributed by atoms with Crippen LogP contribution < -0.4 is 10.2 Å². The number of hydrogen-bond acceptors (Lipinski definition) is 3. The van der Waals surface area contributed by atoms with Gasteiger partial charge in [-0.1, -0.05) is 12.1 Å². The van der Waals surface area contributed by atoms with Crippen LogP contribution in [-0.2, 0) is 20.9 Å². The molecule has 21 heavy (non-hydrogen) atoms. The van der Waals surface area contributed by atoms with Crippen LogP contribution in [0.25, 0.3) is 0 Å². The number of carbonyl (C=O) groups is 2. The number of ether oxygens (including phenoxy) is 1. The van der Waals surface area contributed by atoms with Gasteiger partial charge in [-0.2, -0.15) is 0 Å². The number of benzene rings is 1. The van der Waals surface area contributed by atoms with Crippen molar-refractivity contribution in [3.05, 3.63) is 29.8 Å². The van der Waals surface area contributed by atoms with E-state index in [2.05, 4.69) is 5.32 Å². The maximum Gasteiger partial charge on any atom is 0.249 e. The minimum Gasteiger partial charge on any atom is -0.368 e. The molecule has 0 aromatic heterocycles. The molecule has 2 fully saturated rings. The Morgan fingerprint density at radius 3 is 2.71 bits per heavy atom. The lowest BCUT2D eigenvalue weighted by atomic mass is 10.2. The van der Waals surface area contributed by atoms with E-state index in [1.54, 1.807) is 0 Å². The molecule has 1 N–H and O–H groups in total. The Hall–Kier alpha value is -1.88. The van der Waals surface area contributed by atoms with E-state index in [-0.39, 0.29) is 17.9 Å². The Balaban J connectivity index is 1.54. The van der Waals surface area contributed by atoms with Crippen LogP contribution in [-0.4, -0.2) is 31.1 Å². The summed E-state index contributed by atoms with van der Waals surface area (Å²) in [4.78, 5) is 25.3. The summed E-state index contributed by atoms with van der Waals surface area (Å²) >= 11 is 0. The fourth-order valence-corrected chi connectivity index (χ4v) is 2.80. The molecule has 2 aliphatic rings. The van der Waals surface area contributed by atoms with Gasteiger partial charge in [0.2, 0.25) is 11.8 Å². The molecule has 0 saturated carbocycles. The summed E-state index contributed by atoms with van der Waals surface area (Å²) in [6, 6.07) is 7.79. The minimum atomic E-state index is -0.286. The highest BCUT2D eigenvalue weighted by molar-refractivity contribution is 5.95. The number of nitrogens with one attached hydrogen (secondary N) is 1. The van der Waals surface area contributed by atoms with Crippen LogP contribution in [0.2, 0.25) is 0 Å². The molecule has 112 valence electrons. The zero-order valence-electron chi connectivity index (χ0n) is 12.0. The van der Waals surface area contributed by atoms with Crippen molar-refractivity contribution in [2.24, 2.45) is 0 Å². The van der Waals surface area contributed by atoms with Crippen LogP contribution in [0.3, 0.4) is 0 Å². The van der Waals surface area contributed by atoms with Crippen molar-refractivity contribution in [3.8, 4) is 0 Å². The van der Waals surface area contributed by atoms with Crippen LogP contribution in [0, 0.1) is 0 Å². The van der Waals surface area contributed by atoms with Crippen molar-refractivity contribution < 1.29 is 14.3 Å². The number of nitrogens with zero attached hydrogens (tertiary/aromatic N) is 1. The van der Waals surface area contributed by atoms with Gasteiger partial charge in [0.25, 0.3) is 0 Å². The standard InChI is InChI=1S/C16H20N2O3/c19-15-4-1-9-18(15)13-7-5-12(6-8-13)11-17-16(20)14-3-2-10-21-14/h5-8,14H,1-4,9-11H2,(H,17,20). The van der Waals surface area contributed by atoms with Crippen LogP contribution in [0.15, 0.2) is 24.3 Å². The summed E-state index contributed by atoms with van der Waals surface area (Å²) < 4.78 is 5.35. The van der Waals surface area contributed by atoms with E-state index in [1.165, 1.54) is 0 Å². The van der Waals surface area contributed by atoms with Crippen LogP contribution >= 0.6 is 0 Å². The largest absolute Gasteiger partial charge is 0.368 e. The van der Waals surface area contributed by atoms with Crippen molar-refractivity contribution in [2.45, 2.75) is 38.3 Å². The maximum atomic E-state index is 11.8. The third kappa shape index (κ3) is 3.24. The molecular weight excluding hydrogens is 268 g/mol. The molecule has 1 unspecified atom stereocenters. The van der Waals surface area contributed by atoms with Gasteiger partial charge in [-0.25, -0.2) is 0 Å². The second-order valence-electron chi connectivity index (χ2n) is 5.53. The van der Waals surface area contributed by atoms with E-state index in [1.807, 2.05) is 29.2 Å². The van der Waals surface area contributed by atoms with Crippen molar-refractivity contribution >= 4 is 17.5 Å². The van der Waals surface area contributed by atoms with E-state index in [9.17, 15) is 9.59 Å². The molecule has 0 aliphatic carbocycles. The molecule has 2 amide bonds. The molecule has 0 radical (unpaired) electrons. The number of hydrogen-bond donors (Lipinski definition) is 1. The molecule has 0 spiro atoms. The smallest absolute Gasteiger partial charge is 0.249 e. The Bertz CT molecular complexity index is 521. The van der Waals surface area contributed by atoms with Crippen LogP contribution in [0.5, 0.6) is 0 Å². The average molecular weight is 288 g/mol. The quantitative estimate of drug-likeness (QED) is 0.915. The zero-order chi connectivity index (χ0) is 14.7. The molecular formula is C16H20N2O3. The van der Waals surface area contributed by atoms with E-state index >= 15 is 0 Å². The second kappa shape index (κ2) is 6.26. The van der Waals surface area contributed by atoms with Crippen molar-refractivity contribution in [3.63, 3.8) is 0 Å². The number of anilines is 1. The highest BCUT2D eigenvalue weighted by atomic mass is 16.5. The zero-order valence-corrected chi connectivity index (χ0v) is 12.0. The van der Waals surface area contributed by atoms with Crippen molar-refractivity contribution in [1.82, 2.24) is 5.32 Å². The normalized spacial score (nSPS) is 21.8. The number of amides is 2. The molecule has 5 nitrogen and oxygen atoms in total. The van der Waals surface area contributed by atoms with Gasteiger partial charge < -0.3 is 15.0 Å². The first-order valence-electron chi connectivity index (χ1n) is 7.53. The lowest BCUT2D eigenvalue weighted by Crippen LogP contribution is -2.33. The van der Waals surface area contributed by atoms with Gasteiger partial charge in [-0.3, -0.25) is 9.59 Å². The van der Waals surface area contributed by atoms with Gasteiger partial charge >= 0.3 is 0 Å². The first kappa shape index (κ1) is 14.1. The third-order valence-electron chi connectivity index (χ3n) is 4.01. The summed E-state index contributed by atoms with van der Waals surface area (Å²) in [6.45, 7) is 1.97. The molecule has 2 aliphatic heterocycles. The second-order valence-corrected chi connectivity index (χ2v) is 5.53. The Morgan fingerprint density at radius 1 is 1.29 bits per heavy atom.